The van der Waals surface area contributed by atoms with E-state index < -0.39 is 0 Å². The van der Waals surface area contributed by atoms with Crippen LogP contribution < -0.4 is 15.5 Å². The second kappa shape index (κ2) is 10.0. The molecular weight excluding hydrogens is 366 g/mol. The average molecular weight is 396 g/mol. The molecule has 0 unspecified atom stereocenters. The third-order valence-corrected chi connectivity index (χ3v) is 5.24. The highest BCUT2D eigenvalue weighted by Crippen LogP contribution is 2.14. The first kappa shape index (κ1) is 20.8. The van der Waals surface area contributed by atoms with Crippen LogP contribution in [-0.4, -0.2) is 61.0 Å². The molecule has 1 aliphatic rings. The van der Waals surface area contributed by atoms with Crippen molar-refractivity contribution in [2.24, 2.45) is 0 Å². The number of aryl methyl sites for hydroxylation is 1. The van der Waals surface area contributed by atoms with Crippen LogP contribution in [-0.2, 0) is 11.3 Å². The highest BCUT2D eigenvalue weighted by molar-refractivity contribution is 5.97. The molecule has 1 aliphatic heterocycles. The molecule has 0 spiro atoms. The van der Waals surface area contributed by atoms with Crippen LogP contribution in [0.4, 0.5) is 5.82 Å². The Kier molecular flexibility index (Phi) is 7.19. The Morgan fingerprint density at radius 3 is 2.45 bits per heavy atom. The molecule has 7 nitrogen and oxygen atoms in total. The molecule has 0 atom stereocenters. The molecule has 7 heteroatoms. The van der Waals surface area contributed by atoms with E-state index in [1.54, 1.807) is 12.3 Å². The van der Waals surface area contributed by atoms with Gasteiger partial charge in [-0.2, -0.15) is 0 Å². The first-order valence-electron chi connectivity index (χ1n) is 10.1. The van der Waals surface area contributed by atoms with E-state index in [1.807, 2.05) is 37.3 Å². The molecule has 2 aromatic rings. The van der Waals surface area contributed by atoms with Crippen molar-refractivity contribution < 1.29 is 9.59 Å². The zero-order valence-corrected chi connectivity index (χ0v) is 17.1. The van der Waals surface area contributed by atoms with Crippen molar-refractivity contribution in [2.45, 2.75) is 20.4 Å². The largest absolute Gasteiger partial charge is 0.354 e. The summed E-state index contributed by atoms with van der Waals surface area (Å²) in [5, 5.41) is 5.48. The van der Waals surface area contributed by atoms with Gasteiger partial charge in [-0.25, -0.2) is 4.98 Å². The van der Waals surface area contributed by atoms with Crippen molar-refractivity contribution >= 4 is 17.6 Å². The van der Waals surface area contributed by atoms with E-state index in [2.05, 4.69) is 32.3 Å². The number of nitrogens with zero attached hydrogens (tertiary/aromatic N) is 3. The molecule has 0 aliphatic carbocycles. The highest BCUT2D eigenvalue weighted by Gasteiger charge is 2.16. The van der Waals surface area contributed by atoms with Crippen molar-refractivity contribution in [1.82, 2.24) is 20.5 Å². The third kappa shape index (κ3) is 5.77. The monoisotopic (exact) mass is 395 g/mol. The second-order valence-electron chi connectivity index (χ2n) is 7.22. The molecule has 0 saturated carbocycles. The number of benzene rings is 1. The predicted molar refractivity (Wildman–Crippen MR) is 114 cm³/mol. The zero-order valence-electron chi connectivity index (χ0n) is 17.1. The summed E-state index contributed by atoms with van der Waals surface area (Å²) in [5.74, 6) is 0.500. The minimum Gasteiger partial charge on any atom is -0.354 e. The van der Waals surface area contributed by atoms with E-state index in [-0.39, 0.29) is 18.4 Å². The molecule has 154 valence electrons. The van der Waals surface area contributed by atoms with Gasteiger partial charge in [0, 0.05) is 44.5 Å². The number of carbonyl (C=O) groups excluding carboxylic acids is 2. The molecular formula is C22H29N5O2. The quantitative estimate of drug-likeness (QED) is 0.744. The lowest BCUT2D eigenvalue weighted by atomic mass is 10.1. The minimum atomic E-state index is -0.243. The maximum Gasteiger partial charge on any atom is 0.251 e. The molecule has 0 radical (unpaired) electrons. The molecule has 2 amide bonds. The van der Waals surface area contributed by atoms with Crippen molar-refractivity contribution in [3.63, 3.8) is 0 Å². The number of likely N-dealkylation sites (N-methyl/N-ethyl adjacent to an activating group) is 1. The number of rotatable bonds is 7. The normalized spacial score (nSPS) is 14.5. The summed E-state index contributed by atoms with van der Waals surface area (Å²) in [6.07, 6.45) is 1.80. The van der Waals surface area contributed by atoms with Gasteiger partial charge in [-0.1, -0.05) is 31.2 Å². The van der Waals surface area contributed by atoms with Gasteiger partial charge in [0.1, 0.15) is 5.82 Å². The average Bonchev–Trinajstić information content (AvgIpc) is 2.77. The predicted octanol–water partition coefficient (Wildman–Crippen LogP) is 1.58. The van der Waals surface area contributed by atoms with Gasteiger partial charge in [0.15, 0.2) is 0 Å². The van der Waals surface area contributed by atoms with Crippen molar-refractivity contribution in [1.29, 1.82) is 0 Å². The standard InChI is InChI=1S/C22H29N5O2/c1-3-26-10-12-27(13-11-26)20-9-8-18(14-23-20)15-24-21(28)16-25-22(29)19-7-5-4-6-17(19)2/h4-9,14H,3,10-13,15-16H2,1-2H3,(H,24,28)(H,25,29). The number of anilines is 1. The van der Waals surface area contributed by atoms with Crippen LogP contribution in [0.15, 0.2) is 42.6 Å². The number of pyridine rings is 1. The number of carbonyl (C=O) groups is 2. The Morgan fingerprint density at radius 1 is 1.03 bits per heavy atom. The Morgan fingerprint density at radius 2 is 1.79 bits per heavy atom. The van der Waals surface area contributed by atoms with Gasteiger partial charge in [-0.3, -0.25) is 9.59 Å². The van der Waals surface area contributed by atoms with Crippen LogP contribution in [0.1, 0.15) is 28.4 Å². The molecule has 1 saturated heterocycles. The Balaban J connectivity index is 1.42. The van der Waals surface area contributed by atoms with Crippen LogP contribution in [0.25, 0.3) is 0 Å². The van der Waals surface area contributed by atoms with Crippen molar-refractivity contribution in [3.05, 3.63) is 59.3 Å². The fraction of sp³-hybridized carbons (Fsp3) is 0.409. The number of piperazine rings is 1. The SMILES string of the molecule is CCN1CCN(c2ccc(CNC(=O)CNC(=O)c3ccccc3C)cn2)CC1. The van der Waals surface area contributed by atoms with E-state index in [9.17, 15) is 9.59 Å². The lowest BCUT2D eigenvalue weighted by molar-refractivity contribution is -0.120. The zero-order chi connectivity index (χ0) is 20.6. The molecule has 1 aromatic heterocycles. The smallest absolute Gasteiger partial charge is 0.251 e. The number of hydrogen-bond donors (Lipinski definition) is 2. The van der Waals surface area contributed by atoms with Gasteiger partial charge >= 0.3 is 0 Å². The Hall–Kier alpha value is -2.93. The maximum absolute atomic E-state index is 12.2. The number of amides is 2. The summed E-state index contributed by atoms with van der Waals surface area (Å²) >= 11 is 0. The molecule has 29 heavy (non-hydrogen) atoms. The van der Waals surface area contributed by atoms with E-state index in [4.69, 9.17) is 0 Å². The second-order valence-corrected chi connectivity index (χ2v) is 7.22. The topological polar surface area (TPSA) is 77.6 Å². The van der Waals surface area contributed by atoms with Gasteiger partial charge in [0.25, 0.3) is 5.91 Å². The fourth-order valence-electron chi connectivity index (χ4n) is 3.35. The summed E-state index contributed by atoms with van der Waals surface area (Å²) in [6, 6.07) is 11.3. The van der Waals surface area contributed by atoms with Crippen molar-refractivity contribution in [2.75, 3.05) is 44.2 Å². The van der Waals surface area contributed by atoms with Gasteiger partial charge < -0.3 is 20.4 Å². The molecule has 0 bridgehead atoms. The van der Waals surface area contributed by atoms with Crippen molar-refractivity contribution in [3.8, 4) is 0 Å². The molecule has 3 rings (SSSR count). The van der Waals surface area contributed by atoms with E-state index in [1.165, 1.54) is 0 Å². The highest BCUT2D eigenvalue weighted by atomic mass is 16.2. The number of aromatic nitrogens is 1. The van der Waals surface area contributed by atoms with Gasteiger partial charge in [-0.15, -0.1) is 0 Å². The molecule has 1 fully saturated rings. The van der Waals surface area contributed by atoms with Crippen LogP contribution in [0, 0.1) is 6.92 Å². The van der Waals surface area contributed by atoms with E-state index in [0.29, 0.717) is 12.1 Å². The third-order valence-electron chi connectivity index (χ3n) is 5.24. The maximum atomic E-state index is 12.2. The van der Waals surface area contributed by atoms with E-state index >= 15 is 0 Å². The van der Waals surface area contributed by atoms with Gasteiger partial charge in [-0.05, 0) is 36.7 Å². The van der Waals surface area contributed by atoms with Crippen LogP contribution in [0.2, 0.25) is 0 Å². The summed E-state index contributed by atoms with van der Waals surface area (Å²) in [7, 11) is 0. The lowest BCUT2D eigenvalue weighted by Gasteiger charge is -2.34. The van der Waals surface area contributed by atoms with Gasteiger partial charge in [0.05, 0.1) is 6.54 Å². The van der Waals surface area contributed by atoms with Crippen LogP contribution in [0.3, 0.4) is 0 Å². The Labute approximate surface area is 172 Å². The first-order chi connectivity index (χ1) is 14.1. The van der Waals surface area contributed by atoms with Gasteiger partial charge in [0.2, 0.25) is 5.91 Å². The van der Waals surface area contributed by atoms with Crippen LogP contribution >= 0.6 is 0 Å². The lowest BCUT2D eigenvalue weighted by Crippen LogP contribution is -2.46. The molecule has 2 heterocycles. The summed E-state index contributed by atoms with van der Waals surface area (Å²) < 4.78 is 0. The van der Waals surface area contributed by atoms with E-state index in [0.717, 1.165) is 49.7 Å². The molecule has 1 aromatic carbocycles. The number of hydrogen-bond acceptors (Lipinski definition) is 5. The fourth-order valence-corrected chi connectivity index (χ4v) is 3.35. The van der Waals surface area contributed by atoms with Crippen LogP contribution in [0.5, 0.6) is 0 Å². The summed E-state index contributed by atoms with van der Waals surface area (Å²) in [5.41, 5.74) is 2.40. The minimum absolute atomic E-state index is 0.0552. The summed E-state index contributed by atoms with van der Waals surface area (Å²) in [6.45, 7) is 9.56. The first-order valence-corrected chi connectivity index (χ1v) is 10.1. The number of nitrogens with one attached hydrogen (secondary N) is 2. The Bertz CT molecular complexity index is 829. The molecule has 2 N–H and O–H groups in total. The summed E-state index contributed by atoms with van der Waals surface area (Å²) in [4.78, 5) is 33.5.